The summed E-state index contributed by atoms with van der Waals surface area (Å²) >= 11 is 0. The lowest BCUT2D eigenvalue weighted by Gasteiger charge is -2.21. The van der Waals surface area contributed by atoms with Crippen LogP contribution in [0.2, 0.25) is 0 Å². The van der Waals surface area contributed by atoms with Crippen LogP contribution >= 0.6 is 0 Å². The molecule has 3 aromatic heterocycles. The molecule has 8 rings (SSSR count). The van der Waals surface area contributed by atoms with Gasteiger partial charge in [-0.25, -0.2) is 9.97 Å². The molecule has 0 fully saturated rings. The first-order valence-corrected chi connectivity index (χ1v) is 14.0. The molecule has 0 bridgehead atoms. The van der Waals surface area contributed by atoms with Crippen molar-refractivity contribution in [1.82, 2.24) is 15.0 Å². The van der Waals surface area contributed by atoms with Crippen LogP contribution in [0, 0.1) is 0 Å². The standard InChI is InChI=1S/C38H27N3/c1-38(2)32-9-4-3-8-30(32)31-15-12-29(23-33(31)38)35-17-14-26-11-10-25-13-16-34(40-36(25)37(26)41-35)28-7-5-6-27(22-28)24-18-20-39-21-19-24/h3-23H,1-2H3. The fraction of sp³-hybridized carbons (Fsp3) is 0.0789. The van der Waals surface area contributed by atoms with Gasteiger partial charge in [0, 0.05) is 39.7 Å². The highest BCUT2D eigenvalue weighted by atomic mass is 14.8. The maximum absolute atomic E-state index is 5.23. The van der Waals surface area contributed by atoms with Crippen LogP contribution in [0.3, 0.4) is 0 Å². The monoisotopic (exact) mass is 525 g/mol. The highest BCUT2D eigenvalue weighted by Gasteiger charge is 2.35. The van der Waals surface area contributed by atoms with Crippen LogP contribution in [0.5, 0.6) is 0 Å². The number of benzene rings is 4. The van der Waals surface area contributed by atoms with E-state index >= 15 is 0 Å². The molecule has 0 spiro atoms. The fourth-order valence-electron chi connectivity index (χ4n) is 6.36. The van der Waals surface area contributed by atoms with Gasteiger partial charge < -0.3 is 0 Å². The van der Waals surface area contributed by atoms with Crippen molar-refractivity contribution in [1.29, 1.82) is 0 Å². The van der Waals surface area contributed by atoms with Crippen LogP contribution in [0.4, 0.5) is 0 Å². The van der Waals surface area contributed by atoms with Crippen molar-refractivity contribution < 1.29 is 0 Å². The van der Waals surface area contributed by atoms with E-state index < -0.39 is 0 Å². The van der Waals surface area contributed by atoms with Crippen molar-refractivity contribution in [3.8, 4) is 44.8 Å². The summed E-state index contributed by atoms with van der Waals surface area (Å²) in [4.78, 5) is 14.6. The maximum Gasteiger partial charge on any atom is 0.0972 e. The molecule has 0 N–H and O–H groups in total. The molecule has 0 radical (unpaired) electrons. The summed E-state index contributed by atoms with van der Waals surface area (Å²) in [5.41, 5.74) is 13.6. The molecule has 0 aliphatic heterocycles. The van der Waals surface area contributed by atoms with Gasteiger partial charge in [0.25, 0.3) is 0 Å². The van der Waals surface area contributed by atoms with Crippen molar-refractivity contribution in [3.05, 3.63) is 139 Å². The number of fused-ring (bicyclic) bond motifs is 6. The first-order valence-electron chi connectivity index (χ1n) is 14.0. The molecule has 194 valence electrons. The fourth-order valence-corrected chi connectivity index (χ4v) is 6.36. The van der Waals surface area contributed by atoms with Gasteiger partial charge in [0.15, 0.2) is 0 Å². The zero-order valence-corrected chi connectivity index (χ0v) is 23.0. The predicted octanol–water partition coefficient (Wildman–Crippen LogP) is 9.49. The van der Waals surface area contributed by atoms with Gasteiger partial charge in [-0.2, -0.15) is 0 Å². The van der Waals surface area contributed by atoms with Crippen LogP contribution in [0.1, 0.15) is 25.0 Å². The van der Waals surface area contributed by atoms with Gasteiger partial charge >= 0.3 is 0 Å². The Labute approximate surface area is 239 Å². The number of pyridine rings is 3. The Hall–Kier alpha value is -5.15. The minimum Gasteiger partial charge on any atom is -0.265 e. The number of hydrogen-bond donors (Lipinski definition) is 0. The molecular weight excluding hydrogens is 498 g/mol. The van der Waals surface area contributed by atoms with E-state index in [-0.39, 0.29) is 5.41 Å². The number of rotatable bonds is 3. The third-order valence-electron chi connectivity index (χ3n) is 8.57. The molecule has 41 heavy (non-hydrogen) atoms. The number of hydrogen-bond acceptors (Lipinski definition) is 3. The zero-order valence-electron chi connectivity index (χ0n) is 23.0. The van der Waals surface area contributed by atoms with Crippen LogP contribution in [0.15, 0.2) is 128 Å². The van der Waals surface area contributed by atoms with E-state index in [4.69, 9.17) is 9.97 Å². The Bertz CT molecular complexity index is 2130. The van der Waals surface area contributed by atoms with Gasteiger partial charge in [-0.1, -0.05) is 92.7 Å². The van der Waals surface area contributed by atoms with Crippen LogP contribution in [0.25, 0.3) is 66.6 Å². The van der Waals surface area contributed by atoms with E-state index in [0.29, 0.717) is 0 Å². The topological polar surface area (TPSA) is 38.7 Å². The van der Waals surface area contributed by atoms with Gasteiger partial charge in [0.1, 0.15) is 0 Å². The molecule has 4 aromatic carbocycles. The largest absolute Gasteiger partial charge is 0.265 e. The minimum absolute atomic E-state index is 0.0489. The molecule has 3 heterocycles. The van der Waals surface area contributed by atoms with E-state index in [2.05, 4.69) is 122 Å². The quantitative estimate of drug-likeness (QED) is 0.216. The normalized spacial score (nSPS) is 13.3. The summed E-state index contributed by atoms with van der Waals surface area (Å²) in [5.74, 6) is 0. The number of nitrogens with zero attached hydrogens (tertiary/aromatic N) is 3. The molecule has 0 amide bonds. The van der Waals surface area contributed by atoms with Crippen molar-refractivity contribution in [3.63, 3.8) is 0 Å². The number of aromatic nitrogens is 3. The average molecular weight is 526 g/mol. The SMILES string of the molecule is CC1(C)c2ccccc2-c2ccc(-c3ccc4ccc5ccc(-c6cccc(-c7ccncc7)c6)nc5c4n3)cc21. The van der Waals surface area contributed by atoms with Crippen molar-refractivity contribution in [2.45, 2.75) is 19.3 Å². The van der Waals surface area contributed by atoms with E-state index in [1.54, 1.807) is 0 Å². The van der Waals surface area contributed by atoms with Gasteiger partial charge in [-0.3, -0.25) is 4.98 Å². The Morgan fingerprint density at radius 3 is 1.80 bits per heavy atom. The van der Waals surface area contributed by atoms with Crippen molar-refractivity contribution in [2.24, 2.45) is 0 Å². The van der Waals surface area contributed by atoms with E-state index in [1.165, 1.54) is 22.3 Å². The second kappa shape index (κ2) is 8.94. The molecule has 0 saturated carbocycles. The molecule has 1 aliphatic rings. The van der Waals surface area contributed by atoms with Crippen molar-refractivity contribution >= 4 is 21.8 Å². The zero-order chi connectivity index (χ0) is 27.6. The van der Waals surface area contributed by atoms with Gasteiger partial charge in [0.05, 0.1) is 22.4 Å². The molecule has 1 aliphatic carbocycles. The Morgan fingerprint density at radius 2 is 1.07 bits per heavy atom. The Kier molecular flexibility index (Phi) is 5.17. The minimum atomic E-state index is -0.0489. The summed E-state index contributed by atoms with van der Waals surface area (Å²) < 4.78 is 0. The molecule has 3 nitrogen and oxygen atoms in total. The smallest absolute Gasteiger partial charge is 0.0972 e. The lowest BCUT2D eigenvalue weighted by molar-refractivity contribution is 0.660. The summed E-state index contributed by atoms with van der Waals surface area (Å²) in [5, 5.41) is 2.17. The Morgan fingerprint density at radius 1 is 0.463 bits per heavy atom. The van der Waals surface area contributed by atoms with Crippen molar-refractivity contribution in [2.75, 3.05) is 0 Å². The summed E-state index contributed by atoms with van der Waals surface area (Å²) in [7, 11) is 0. The lowest BCUT2D eigenvalue weighted by atomic mass is 9.82. The Balaban J connectivity index is 1.25. The molecular formula is C38H27N3. The molecule has 0 atom stereocenters. The van der Waals surface area contributed by atoms with E-state index in [1.807, 2.05) is 24.5 Å². The molecule has 3 heteroatoms. The third kappa shape index (κ3) is 3.77. The van der Waals surface area contributed by atoms with Gasteiger partial charge in [-0.15, -0.1) is 0 Å². The van der Waals surface area contributed by atoms with Crippen LogP contribution in [-0.2, 0) is 5.41 Å². The first kappa shape index (κ1) is 23.7. The van der Waals surface area contributed by atoms with Crippen LogP contribution in [-0.4, -0.2) is 15.0 Å². The van der Waals surface area contributed by atoms with Gasteiger partial charge in [0.2, 0.25) is 0 Å². The molecule has 0 unspecified atom stereocenters. The second-order valence-corrected chi connectivity index (χ2v) is 11.3. The maximum atomic E-state index is 5.23. The highest BCUT2D eigenvalue weighted by molar-refractivity contribution is 6.04. The predicted molar refractivity (Wildman–Crippen MR) is 169 cm³/mol. The average Bonchev–Trinajstić information content (AvgIpc) is 3.27. The molecule has 0 saturated heterocycles. The summed E-state index contributed by atoms with van der Waals surface area (Å²) in [6.45, 7) is 4.63. The first-order chi connectivity index (χ1) is 20.1. The van der Waals surface area contributed by atoms with Gasteiger partial charge in [-0.05, 0) is 69.8 Å². The second-order valence-electron chi connectivity index (χ2n) is 11.3. The third-order valence-corrected chi connectivity index (χ3v) is 8.57. The molecule has 7 aromatic rings. The highest BCUT2D eigenvalue weighted by Crippen LogP contribution is 2.49. The van der Waals surface area contributed by atoms with E-state index in [0.717, 1.165) is 55.4 Å². The van der Waals surface area contributed by atoms with Crippen LogP contribution < -0.4 is 0 Å². The van der Waals surface area contributed by atoms with E-state index in [9.17, 15) is 0 Å². The lowest BCUT2D eigenvalue weighted by Crippen LogP contribution is -2.14. The summed E-state index contributed by atoms with van der Waals surface area (Å²) in [6.07, 6.45) is 3.65. The summed E-state index contributed by atoms with van der Waals surface area (Å²) in [6, 6.07) is 41.0.